The topological polar surface area (TPSA) is 42.0 Å². The van der Waals surface area contributed by atoms with Gasteiger partial charge in [-0.25, -0.2) is 0 Å². The maximum absolute atomic E-state index is 12.7. The maximum Gasteiger partial charge on any atom is 0.231 e. The Morgan fingerprint density at radius 1 is 1.23 bits per heavy atom. The number of fused-ring (bicyclic) bond motifs is 1. The van der Waals surface area contributed by atoms with Gasteiger partial charge < -0.3 is 5.32 Å². The van der Waals surface area contributed by atoms with Crippen LogP contribution >= 0.6 is 0 Å². The highest BCUT2D eigenvalue weighted by Crippen LogP contribution is 2.32. The number of pyridine rings is 1. The van der Waals surface area contributed by atoms with Crippen molar-refractivity contribution in [1.29, 1.82) is 0 Å². The second kappa shape index (κ2) is 6.73. The van der Waals surface area contributed by atoms with Crippen LogP contribution in [0, 0.1) is 11.8 Å². The highest BCUT2D eigenvalue weighted by atomic mass is 16.1. The Morgan fingerprint density at radius 2 is 2.00 bits per heavy atom. The first-order valence-electron chi connectivity index (χ1n) is 8.07. The molecule has 22 heavy (non-hydrogen) atoms. The molecule has 1 unspecified atom stereocenters. The van der Waals surface area contributed by atoms with Crippen LogP contribution in [0.25, 0.3) is 10.9 Å². The van der Waals surface area contributed by atoms with E-state index in [-0.39, 0.29) is 11.8 Å². The van der Waals surface area contributed by atoms with Crippen molar-refractivity contribution in [1.82, 2.24) is 4.98 Å². The lowest BCUT2D eigenvalue weighted by molar-refractivity contribution is -0.120. The summed E-state index contributed by atoms with van der Waals surface area (Å²) in [5.41, 5.74) is 1.62. The number of carbonyl (C=O) groups is 1. The molecule has 1 amide bonds. The molecule has 1 atom stereocenters. The molecule has 1 aliphatic carbocycles. The van der Waals surface area contributed by atoms with Crippen molar-refractivity contribution in [3.8, 4) is 0 Å². The van der Waals surface area contributed by atoms with Crippen molar-refractivity contribution in [2.75, 3.05) is 5.32 Å². The van der Waals surface area contributed by atoms with Crippen molar-refractivity contribution in [3.05, 3.63) is 49.2 Å². The van der Waals surface area contributed by atoms with Gasteiger partial charge in [0.05, 0.1) is 17.1 Å². The van der Waals surface area contributed by atoms with Gasteiger partial charge in [-0.05, 0) is 30.9 Å². The molecule has 0 saturated heterocycles. The van der Waals surface area contributed by atoms with Crippen molar-refractivity contribution >= 4 is 22.5 Å². The molecular formula is C19H22N2O. The monoisotopic (exact) mass is 294 g/mol. The Bertz CT molecular complexity index is 669. The fourth-order valence-corrected chi connectivity index (χ4v) is 3.43. The first-order valence-corrected chi connectivity index (χ1v) is 8.07. The summed E-state index contributed by atoms with van der Waals surface area (Å²) in [7, 11) is 0. The zero-order valence-electron chi connectivity index (χ0n) is 12.8. The quantitative estimate of drug-likeness (QED) is 0.840. The number of nitrogens with one attached hydrogen (secondary N) is 1. The van der Waals surface area contributed by atoms with Gasteiger partial charge in [0.1, 0.15) is 0 Å². The molecule has 1 fully saturated rings. The van der Waals surface area contributed by atoms with Gasteiger partial charge in [-0.15, -0.1) is 6.58 Å². The fourth-order valence-electron chi connectivity index (χ4n) is 3.43. The van der Waals surface area contributed by atoms with Crippen molar-refractivity contribution in [3.63, 3.8) is 0 Å². The molecule has 0 radical (unpaired) electrons. The maximum atomic E-state index is 12.7. The third-order valence-corrected chi connectivity index (χ3v) is 4.60. The molecule has 1 aliphatic rings. The van der Waals surface area contributed by atoms with Crippen LogP contribution in [0.2, 0.25) is 0 Å². The predicted octanol–water partition coefficient (Wildman–Crippen LogP) is 4.56. The molecule has 1 aromatic carbocycles. The van der Waals surface area contributed by atoms with E-state index in [1.54, 1.807) is 6.20 Å². The third kappa shape index (κ3) is 3.03. The third-order valence-electron chi connectivity index (χ3n) is 4.60. The van der Waals surface area contributed by atoms with Gasteiger partial charge >= 0.3 is 0 Å². The molecule has 114 valence electrons. The molecule has 3 rings (SSSR count). The van der Waals surface area contributed by atoms with Gasteiger partial charge in [0, 0.05) is 11.6 Å². The number of aromatic nitrogens is 1. The fraction of sp³-hybridized carbons (Fsp3) is 0.368. The van der Waals surface area contributed by atoms with Crippen LogP contribution in [-0.2, 0) is 4.79 Å². The molecule has 3 heteroatoms. The van der Waals surface area contributed by atoms with Crippen LogP contribution in [0.5, 0.6) is 0 Å². The second-order valence-electron chi connectivity index (χ2n) is 6.03. The summed E-state index contributed by atoms with van der Waals surface area (Å²) >= 11 is 0. The SMILES string of the molecule is C=CC(C(=O)Nc1cccc2cccnc12)C1CCCCC1. The van der Waals surface area contributed by atoms with Crippen LogP contribution in [-0.4, -0.2) is 10.9 Å². The summed E-state index contributed by atoms with van der Waals surface area (Å²) in [6, 6.07) is 9.77. The Hall–Kier alpha value is -2.16. The minimum Gasteiger partial charge on any atom is -0.324 e. The highest BCUT2D eigenvalue weighted by Gasteiger charge is 2.27. The molecule has 1 saturated carbocycles. The summed E-state index contributed by atoms with van der Waals surface area (Å²) in [6.07, 6.45) is 9.54. The normalized spacial score (nSPS) is 17.1. The lowest BCUT2D eigenvalue weighted by atomic mass is 9.79. The first kappa shape index (κ1) is 14.8. The Labute approximate surface area is 131 Å². The van der Waals surface area contributed by atoms with E-state index in [0.29, 0.717) is 5.92 Å². The molecule has 0 aliphatic heterocycles. The van der Waals surface area contributed by atoms with Crippen LogP contribution in [0.4, 0.5) is 5.69 Å². The largest absolute Gasteiger partial charge is 0.324 e. The highest BCUT2D eigenvalue weighted by molar-refractivity contribution is 6.01. The zero-order chi connectivity index (χ0) is 15.4. The number of hydrogen-bond donors (Lipinski definition) is 1. The second-order valence-corrected chi connectivity index (χ2v) is 6.03. The van der Waals surface area contributed by atoms with Gasteiger partial charge in [0.2, 0.25) is 5.91 Å². The summed E-state index contributed by atoms with van der Waals surface area (Å²) in [5.74, 6) is 0.355. The number of nitrogens with zero attached hydrogens (tertiary/aromatic N) is 1. The summed E-state index contributed by atoms with van der Waals surface area (Å²) in [5, 5.41) is 4.10. The molecule has 0 spiro atoms. The smallest absolute Gasteiger partial charge is 0.231 e. The minimum absolute atomic E-state index is 0.0417. The van der Waals surface area contributed by atoms with Gasteiger partial charge in [0.25, 0.3) is 0 Å². The van der Waals surface area contributed by atoms with E-state index in [1.807, 2.05) is 36.4 Å². The van der Waals surface area contributed by atoms with E-state index in [2.05, 4.69) is 16.9 Å². The van der Waals surface area contributed by atoms with E-state index < -0.39 is 0 Å². The summed E-state index contributed by atoms with van der Waals surface area (Å²) in [6.45, 7) is 3.88. The number of anilines is 1. The lowest BCUT2D eigenvalue weighted by Gasteiger charge is -2.27. The number of amides is 1. The average molecular weight is 294 g/mol. The van der Waals surface area contributed by atoms with Crippen molar-refractivity contribution < 1.29 is 4.79 Å². The van der Waals surface area contributed by atoms with Crippen LogP contribution in [0.1, 0.15) is 32.1 Å². The molecule has 1 N–H and O–H groups in total. The molecular weight excluding hydrogens is 272 g/mol. The predicted molar refractivity (Wildman–Crippen MR) is 90.6 cm³/mol. The van der Waals surface area contributed by atoms with Crippen molar-refractivity contribution in [2.24, 2.45) is 11.8 Å². The number of hydrogen-bond acceptors (Lipinski definition) is 2. The Morgan fingerprint density at radius 3 is 2.77 bits per heavy atom. The molecule has 1 aromatic heterocycles. The number of rotatable bonds is 4. The number of benzene rings is 1. The lowest BCUT2D eigenvalue weighted by Crippen LogP contribution is -2.29. The van der Waals surface area contributed by atoms with E-state index in [9.17, 15) is 4.79 Å². The minimum atomic E-state index is -0.112. The first-order chi connectivity index (χ1) is 10.8. The molecule has 2 aromatic rings. The number of carbonyl (C=O) groups excluding carboxylic acids is 1. The van der Waals surface area contributed by atoms with E-state index in [1.165, 1.54) is 19.3 Å². The Balaban J connectivity index is 1.81. The van der Waals surface area contributed by atoms with Crippen LogP contribution < -0.4 is 5.32 Å². The number of para-hydroxylation sites is 1. The summed E-state index contributed by atoms with van der Waals surface area (Å²) < 4.78 is 0. The van der Waals surface area contributed by atoms with E-state index in [4.69, 9.17) is 0 Å². The van der Waals surface area contributed by atoms with Gasteiger partial charge in [-0.1, -0.05) is 43.5 Å². The van der Waals surface area contributed by atoms with E-state index >= 15 is 0 Å². The van der Waals surface area contributed by atoms with Crippen molar-refractivity contribution in [2.45, 2.75) is 32.1 Å². The molecule has 3 nitrogen and oxygen atoms in total. The average Bonchev–Trinajstić information content (AvgIpc) is 2.57. The van der Waals surface area contributed by atoms with Gasteiger partial charge in [-0.3, -0.25) is 9.78 Å². The van der Waals surface area contributed by atoms with E-state index in [0.717, 1.165) is 29.4 Å². The Kier molecular flexibility index (Phi) is 4.52. The van der Waals surface area contributed by atoms with Crippen LogP contribution in [0.15, 0.2) is 49.2 Å². The zero-order valence-corrected chi connectivity index (χ0v) is 12.8. The van der Waals surface area contributed by atoms with Gasteiger partial charge in [-0.2, -0.15) is 0 Å². The van der Waals surface area contributed by atoms with Crippen LogP contribution in [0.3, 0.4) is 0 Å². The molecule has 1 heterocycles. The summed E-state index contributed by atoms with van der Waals surface area (Å²) in [4.78, 5) is 17.1. The standard InChI is InChI=1S/C19H22N2O/c1-2-16(14-8-4-3-5-9-14)19(22)21-17-12-6-10-15-11-7-13-20-18(15)17/h2,6-7,10-14,16H,1,3-5,8-9H2,(H,21,22). The van der Waals surface area contributed by atoms with Gasteiger partial charge in [0.15, 0.2) is 0 Å². The molecule has 0 bridgehead atoms.